The molecule has 1 saturated heterocycles. The molecule has 2 rings (SSSR count). The van der Waals surface area contributed by atoms with Crippen molar-refractivity contribution in [1.82, 2.24) is 4.90 Å². The molecule has 2 fully saturated rings. The molecule has 14 heavy (non-hydrogen) atoms. The molecule has 1 aliphatic carbocycles. The van der Waals surface area contributed by atoms with Gasteiger partial charge in [0, 0.05) is 32.0 Å². The molecule has 2 nitrogen and oxygen atoms in total. The molecule has 0 aromatic heterocycles. The molecule has 0 aromatic rings. The number of hydrogen-bond acceptors (Lipinski definition) is 2. The Labute approximate surface area is 86.7 Å². The Morgan fingerprint density at radius 2 is 1.79 bits per heavy atom. The molecule has 1 aliphatic heterocycles. The van der Waals surface area contributed by atoms with Gasteiger partial charge >= 0.3 is 0 Å². The van der Waals surface area contributed by atoms with Crippen LogP contribution < -0.4 is 0 Å². The largest absolute Gasteiger partial charge is 0.300 e. The number of likely N-dealkylation sites (tertiary alicyclic amines) is 1. The highest BCUT2D eigenvalue weighted by Crippen LogP contribution is 2.29. The zero-order valence-electron chi connectivity index (χ0n) is 9.17. The fraction of sp³-hybridized carbons (Fsp3) is 0.917. The number of ketones is 1. The fourth-order valence-electron chi connectivity index (χ4n) is 2.94. The predicted octanol–water partition coefficient (Wildman–Crippen LogP) is 2.23. The first-order chi connectivity index (χ1) is 6.77. The summed E-state index contributed by atoms with van der Waals surface area (Å²) < 4.78 is 0. The number of rotatable bonds is 1. The van der Waals surface area contributed by atoms with Crippen LogP contribution in [0.15, 0.2) is 0 Å². The standard InChI is InChI=1S/C12H21NO/c1-10-4-2-3-5-12(10)13-8-6-11(14)7-9-13/h10,12H,2-9H2,1H3/t10-,12+/m1/s1. The minimum Gasteiger partial charge on any atom is -0.300 e. The second kappa shape index (κ2) is 4.43. The Morgan fingerprint density at radius 3 is 2.43 bits per heavy atom. The number of Topliss-reactive ketones (excluding diaryl/α,β-unsaturated/α-hetero) is 1. The number of hydrogen-bond donors (Lipinski definition) is 0. The molecule has 0 unspecified atom stereocenters. The van der Waals surface area contributed by atoms with Gasteiger partial charge in [0.2, 0.25) is 0 Å². The van der Waals surface area contributed by atoms with E-state index in [0.29, 0.717) is 5.78 Å². The van der Waals surface area contributed by atoms with E-state index in [4.69, 9.17) is 0 Å². The zero-order valence-corrected chi connectivity index (χ0v) is 9.17. The normalized spacial score (nSPS) is 35.9. The number of piperidine rings is 1. The van der Waals surface area contributed by atoms with Gasteiger partial charge in [-0.05, 0) is 18.8 Å². The third-order valence-electron chi connectivity index (χ3n) is 3.89. The lowest BCUT2D eigenvalue weighted by molar-refractivity contribution is -0.122. The van der Waals surface area contributed by atoms with E-state index in [0.717, 1.165) is 37.9 Å². The van der Waals surface area contributed by atoms with Crippen molar-refractivity contribution in [3.63, 3.8) is 0 Å². The zero-order chi connectivity index (χ0) is 9.97. The summed E-state index contributed by atoms with van der Waals surface area (Å²) >= 11 is 0. The molecule has 0 aromatic carbocycles. The van der Waals surface area contributed by atoms with E-state index < -0.39 is 0 Å². The van der Waals surface area contributed by atoms with E-state index in [-0.39, 0.29) is 0 Å². The number of carbonyl (C=O) groups is 1. The molecule has 2 atom stereocenters. The van der Waals surface area contributed by atoms with Crippen LogP contribution in [0, 0.1) is 5.92 Å². The van der Waals surface area contributed by atoms with Crippen molar-refractivity contribution in [3.8, 4) is 0 Å². The number of nitrogens with zero attached hydrogens (tertiary/aromatic N) is 1. The summed E-state index contributed by atoms with van der Waals surface area (Å²) in [5.41, 5.74) is 0. The molecule has 2 aliphatic rings. The molecule has 2 heteroatoms. The van der Waals surface area contributed by atoms with Crippen LogP contribution >= 0.6 is 0 Å². The monoisotopic (exact) mass is 195 g/mol. The lowest BCUT2D eigenvalue weighted by Crippen LogP contribution is -2.45. The van der Waals surface area contributed by atoms with Gasteiger partial charge in [0.05, 0.1) is 0 Å². The van der Waals surface area contributed by atoms with Crippen molar-refractivity contribution in [2.45, 2.75) is 51.5 Å². The first-order valence-corrected chi connectivity index (χ1v) is 6.03. The van der Waals surface area contributed by atoms with Gasteiger partial charge in [-0.3, -0.25) is 9.69 Å². The maximum absolute atomic E-state index is 11.1. The maximum Gasteiger partial charge on any atom is 0.135 e. The van der Waals surface area contributed by atoms with Gasteiger partial charge in [-0.1, -0.05) is 19.8 Å². The van der Waals surface area contributed by atoms with E-state index in [1.165, 1.54) is 25.7 Å². The van der Waals surface area contributed by atoms with E-state index in [1.807, 2.05) is 0 Å². The van der Waals surface area contributed by atoms with Crippen LogP contribution in [-0.4, -0.2) is 29.8 Å². The summed E-state index contributed by atoms with van der Waals surface area (Å²) in [4.78, 5) is 13.7. The van der Waals surface area contributed by atoms with Crippen LogP contribution in [-0.2, 0) is 4.79 Å². The Bertz CT molecular complexity index is 204. The third-order valence-corrected chi connectivity index (χ3v) is 3.89. The quantitative estimate of drug-likeness (QED) is 0.639. The van der Waals surface area contributed by atoms with Gasteiger partial charge in [-0.25, -0.2) is 0 Å². The predicted molar refractivity (Wildman–Crippen MR) is 57.2 cm³/mol. The molecule has 0 bridgehead atoms. The summed E-state index contributed by atoms with van der Waals surface area (Å²) in [6, 6.07) is 0.775. The Kier molecular flexibility index (Phi) is 3.22. The summed E-state index contributed by atoms with van der Waals surface area (Å²) in [6.45, 7) is 4.42. The topological polar surface area (TPSA) is 20.3 Å². The molecule has 0 amide bonds. The smallest absolute Gasteiger partial charge is 0.135 e. The van der Waals surface area contributed by atoms with Crippen LogP contribution in [0.2, 0.25) is 0 Å². The van der Waals surface area contributed by atoms with E-state index >= 15 is 0 Å². The molecular formula is C12H21NO. The Hall–Kier alpha value is -0.370. The van der Waals surface area contributed by atoms with Crippen LogP contribution in [0.1, 0.15) is 45.4 Å². The Balaban J connectivity index is 1.90. The highest BCUT2D eigenvalue weighted by molar-refractivity contribution is 5.79. The van der Waals surface area contributed by atoms with Crippen LogP contribution in [0.25, 0.3) is 0 Å². The van der Waals surface area contributed by atoms with Gasteiger partial charge in [0.1, 0.15) is 5.78 Å². The lowest BCUT2D eigenvalue weighted by Gasteiger charge is -2.40. The Morgan fingerprint density at radius 1 is 1.14 bits per heavy atom. The van der Waals surface area contributed by atoms with Crippen molar-refractivity contribution >= 4 is 5.78 Å². The van der Waals surface area contributed by atoms with E-state index in [2.05, 4.69) is 11.8 Å². The van der Waals surface area contributed by atoms with Crippen molar-refractivity contribution in [3.05, 3.63) is 0 Å². The average Bonchev–Trinajstić information content (AvgIpc) is 2.20. The SMILES string of the molecule is C[C@@H]1CCCC[C@@H]1N1CCC(=O)CC1. The average molecular weight is 195 g/mol. The summed E-state index contributed by atoms with van der Waals surface area (Å²) in [7, 11) is 0. The van der Waals surface area contributed by atoms with Crippen molar-refractivity contribution in [1.29, 1.82) is 0 Å². The molecule has 1 saturated carbocycles. The highest BCUT2D eigenvalue weighted by atomic mass is 16.1. The first kappa shape index (κ1) is 10.2. The molecule has 0 N–H and O–H groups in total. The minimum absolute atomic E-state index is 0.463. The van der Waals surface area contributed by atoms with Gasteiger partial charge in [-0.15, -0.1) is 0 Å². The molecule has 0 radical (unpaired) electrons. The van der Waals surface area contributed by atoms with Gasteiger partial charge in [0.15, 0.2) is 0 Å². The maximum atomic E-state index is 11.1. The highest BCUT2D eigenvalue weighted by Gasteiger charge is 2.29. The summed E-state index contributed by atoms with van der Waals surface area (Å²) in [5.74, 6) is 1.31. The van der Waals surface area contributed by atoms with Gasteiger partial charge in [-0.2, -0.15) is 0 Å². The van der Waals surface area contributed by atoms with Gasteiger partial charge < -0.3 is 0 Å². The second-order valence-corrected chi connectivity index (χ2v) is 4.90. The third kappa shape index (κ3) is 2.17. The minimum atomic E-state index is 0.463. The fourth-order valence-corrected chi connectivity index (χ4v) is 2.94. The lowest BCUT2D eigenvalue weighted by atomic mass is 9.84. The number of carbonyl (C=O) groups excluding carboxylic acids is 1. The molecule has 1 heterocycles. The van der Waals surface area contributed by atoms with Crippen molar-refractivity contribution < 1.29 is 4.79 Å². The van der Waals surface area contributed by atoms with Crippen molar-refractivity contribution in [2.24, 2.45) is 5.92 Å². The van der Waals surface area contributed by atoms with Crippen LogP contribution in [0.3, 0.4) is 0 Å². The molecular weight excluding hydrogens is 174 g/mol. The van der Waals surface area contributed by atoms with Crippen molar-refractivity contribution in [2.75, 3.05) is 13.1 Å². The molecule has 0 spiro atoms. The van der Waals surface area contributed by atoms with Crippen LogP contribution in [0.4, 0.5) is 0 Å². The summed E-state index contributed by atoms with van der Waals surface area (Å²) in [5, 5.41) is 0. The molecule has 80 valence electrons. The van der Waals surface area contributed by atoms with Gasteiger partial charge in [0.25, 0.3) is 0 Å². The first-order valence-electron chi connectivity index (χ1n) is 6.03. The van der Waals surface area contributed by atoms with E-state index in [9.17, 15) is 4.79 Å². The van der Waals surface area contributed by atoms with Crippen LogP contribution in [0.5, 0.6) is 0 Å². The summed E-state index contributed by atoms with van der Waals surface area (Å²) in [6.07, 6.45) is 7.13. The van der Waals surface area contributed by atoms with E-state index in [1.54, 1.807) is 0 Å². The second-order valence-electron chi connectivity index (χ2n) is 4.90.